The molecule has 2 N–H and O–H groups in total. The molecule has 0 aromatic heterocycles. The van der Waals surface area contributed by atoms with Gasteiger partial charge in [-0.15, -0.1) is 0 Å². The van der Waals surface area contributed by atoms with Gasteiger partial charge in [-0.1, -0.05) is 13.8 Å². The Labute approximate surface area is 99.2 Å². The quantitative estimate of drug-likeness (QED) is 0.790. The fourth-order valence-corrected chi connectivity index (χ4v) is 4.18. The summed E-state index contributed by atoms with van der Waals surface area (Å²) in [5, 5.41) is 0. The molecule has 1 fully saturated rings. The lowest BCUT2D eigenvalue weighted by molar-refractivity contribution is 0.257. The van der Waals surface area contributed by atoms with Gasteiger partial charge in [-0.05, 0) is 37.6 Å². The van der Waals surface area contributed by atoms with Crippen molar-refractivity contribution in [2.75, 3.05) is 25.4 Å². The van der Waals surface area contributed by atoms with Crippen molar-refractivity contribution >= 4 is 10.0 Å². The van der Waals surface area contributed by atoms with Crippen LogP contribution in [0.2, 0.25) is 0 Å². The van der Waals surface area contributed by atoms with Crippen molar-refractivity contribution in [2.45, 2.75) is 33.1 Å². The maximum Gasteiger partial charge on any atom is 0.214 e. The fraction of sp³-hybridized carbons (Fsp3) is 1.00. The highest BCUT2D eigenvalue weighted by atomic mass is 32.2. The molecule has 0 bridgehead atoms. The van der Waals surface area contributed by atoms with Crippen molar-refractivity contribution in [3.63, 3.8) is 0 Å². The minimum absolute atomic E-state index is 0.194. The van der Waals surface area contributed by atoms with E-state index in [-0.39, 0.29) is 11.7 Å². The minimum atomic E-state index is -3.04. The number of hydrogen-bond acceptors (Lipinski definition) is 3. The zero-order chi connectivity index (χ0) is 12.2. The van der Waals surface area contributed by atoms with Gasteiger partial charge < -0.3 is 5.73 Å². The maximum atomic E-state index is 12.0. The average Bonchev–Trinajstić information content (AvgIpc) is 2.16. The molecule has 1 aliphatic heterocycles. The Morgan fingerprint density at radius 3 is 2.69 bits per heavy atom. The van der Waals surface area contributed by atoms with Gasteiger partial charge in [-0.3, -0.25) is 0 Å². The average molecular weight is 248 g/mol. The number of sulfonamides is 1. The molecule has 96 valence electrons. The molecule has 0 saturated carbocycles. The van der Waals surface area contributed by atoms with Crippen molar-refractivity contribution in [1.82, 2.24) is 4.31 Å². The lowest BCUT2D eigenvalue weighted by atomic mass is 9.96. The van der Waals surface area contributed by atoms with Crippen molar-refractivity contribution in [3.8, 4) is 0 Å². The fourth-order valence-electron chi connectivity index (χ4n) is 2.28. The van der Waals surface area contributed by atoms with Crippen LogP contribution in [0.1, 0.15) is 33.1 Å². The van der Waals surface area contributed by atoms with Gasteiger partial charge in [-0.25, -0.2) is 12.7 Å². The van der Waals surface area contributed by atoms with E-state index in [0.717, 1.165) is 19.3 Å². The topological polar surface area (TPSA) is 63.4 Å². The molecule has 0 aromatic carbocycles. The lowest BCUT2D eigenvalue weighted by Crippen LogP contribution is -2.42. The summed E-state index contributed by atoms with van der Waals surface area (Å²) in [5.74, 6) is 0.920. The largest absolute Gasteiger partial charge is 0.330 e. The van der Waals surface area contributed by atoms with Crippen LogP contribution in [0.25, 0.3) is 0 Å². The molecule has 1 saturated heterocycles. The van der Waals surface area contributed by atoms with Gasteiger partial charge in [0.25, 0.3) is 0 Å². The third-order valence-electron chi connectivity index (χ3n) is 2.99. The summed E-state index contributed by atoms with van der Waals surface area (Å²) in [7, 11) is -3.04. The van der Waals surface area contributed by atoms with E-state index in [0.29, 0.717) is 25.6 Å². The minimum Gasteiger partial charge on any atom is -0.330 e. The Bertz CT molecular complexity index is 299. The van der Waals surface area contributed by atoms with Crippen LogP contribution in [0.5, 0.6) is 0 Å². The van der Waals surface area contributed by atoms with Gasteiger partial charge in [0.2, 0.25) is 10.0 Å². The normalized spacial score (nSPS) is 23.9. The summed E-state index contributed by atoms with van der Waals surface area (Å²) < 4.78 is 25.7. The number of hydrogen-bond donors (Lipinski definition) is 1. The Morgan fingerprint density at radius 2 is 2.12 bits per heavy atom. The van der Waals surface area contributed by atoms with E-state index >= 15 is 0 Å². The SMILES string of the molecule is CC(C)CS(=O)(=O)N1CCCC(CCN)C1. The maximum absolute atomic E-state index is 12.0. The second-order valence-electron chi connectivity index (χ2n) is 5.12. The molecule has 1 aliphatic rings. The zero-order valence-corrected chi connectivity index (χ0v) is 11.2. The second kappa shape index (κ2) is 5.98. The summed E-state index contributed by atoms with van der Waals surface area (Å²) in [4.78, 5) is 0. The number of piperidine rings is 1. The van der Waals surface area contributed by atoms with Gasteiger partial charge in [0, 0.05) is 13.1 Å². The van der Waals surface area contributed by atoms with Gasteiger partial charge >= 0.3 is 0 Å². The smallest absolute Gasteiger partial charge is 0.214 e. The Hall–Kier alpha value is -0.130. The summed E-state index contributed by atoms with van der Waals surface area (Å²) in [6, 6.07) is 0. The van der Waals surface area contributed by atoms with E-state index in [2.05, 4.69) is 0 Å². The van der Waals surface area contributed by atoms with Gasteiger partial charge in [0.15, 0.2) is 0 Å². The molecule has 5 heteroatoms. The monoisotopic (exact) mass is 248 g/mol. The number of nitrogens with zero attached hydrogens (tertiary/aromatic N) is 1. The van der Waals surface area contributed by atoms with Crippen LogP contribution in [0.4, 0.5) is 0 Å². The summed E-state index contributed by atoms with van der Waals surface area (Å²) >= 11 is 0. The molecular formula is C11H24N2O2S. The van der Waals surface area contributed by atoms with Gasteiger partial charge in [-0.2, -0.15) is 0 Å². The Morgan fingerprint density at radius 1 is 1.44 bits per heavy atom. The first-order chi connectivity index (χ1) is 7.45. The first kappa shape index (κ1) is 13.9. The van der Waals surface area contributed by atoms with Crippen LogP contribution >= 0.6 is 0 Å². The van der Waals surface area contributed by atoms with Gasteiger partial charge in [0.1, 0.15) is 0 Å². The first-order valence-electron chi connectivity index (χ1n) is 6.13. The van der Waals surface area contributed by atoms with Crippen LogP contribution in [0, 0.1) is 11.8 Å². The molecule has 1 unspecified atom stereocenters. The van der Waals surface area contributed by atoms with Crippen LogP contribution in [0.15, 0.2) is 0 Å². The summed E-state index contributed by atoms with van der Waals surface area (Å²) in [6.07, 6.45) is 3.03. The molecule has 4 nitrogen and oxygen atoms in total. The van der Waals surface area contributed by atoms with Crippen molar-refractivity contribution in [2.24, 2.45) is 17.6 Å². The second-order valence-corrected chi connectivity index (χ2v) is 7.13. The standard InChI is InChI=1S/C11H24N2O2S/c1-10(2)9-16(14,15)13-7-3-4-11(8-13)5-6-12/h10-11H,3-9,12H2,1-2H3. The molecule has 1 atom stereocenters. The summed E-state index contributed by atoms with van der Waals surface area (Å²) in [5.41, 5.74) is 5.53. The van der Waals surface area contributed by atoms with Crippen LogP contribution in [-0.2, 0) is 10.0 Å². The van der Waals surface area contributed by atoms with Crippen LogP contribution in [-0.4, -0.2) is 38.1 Å². The molecule has 1 heterocycles. The molecular weight excluding hydrogens is 224 g/mol. The zero-order valence-electron chi connectivity index (χ0n) is 10.4. The third-order valence-corrected chi connectivity index (χ3v) is 5.20. The summed E-state index contributed by atoms with van der Waals surface area (Å²) in [6.45, 7) is 5.91. The van der Waals surface area contributed by atoms with E-state index in [1.807, 2.05) is 13.8 Å². The molecule has 0 radical (unpaired) electrons. The third kappa shape index (κ3) is 4.03. The number of nitrogens with two attached hydrogens (primary N) is 1. The molecule has 1 rings (SSSR count). The first-order valence-corrected chi connectivity index (χ1v) is 7.74. The highest BCUT2D eigenvalue weighted by Gasteiger charge is 2.28. The van der Waals surface area contributed by atoms with Gasteiger partial charge in [0.05, 0.1) is 5.75 Å². The molecule has 0 aromatic rings. The highest BCUT2D eigenvalue weighted by Crippen LogP contribution is 2.22. The van der Waals surface area contributed by atoms with E-state index in [4.69, 9.17) is 5.73 Å². The van der Waals surface area contributed by atoms with E-state index < -0.39 is 10.0 Å². The Balaban J connectivity index is 2.59. The predicted molar refractivity (Wildman–Crippen MR) is 66.6 cm³/mol. The molecule has 0 amide bonds. The van der Waals surface area contributed by atoms with E-state index in [1.165, 1.54) is 0 Å². The van der Waals surface area contributed by atoms with Crippen molar-refractivity contribution in [1.29, 1.82) is 0 Å². The van der Waals surface area contributed by atoms with Crippen LogP contribution in [0.3, 0.4) is 0 Å². The van der Waals surface area contributed by atoms with Crippen molar-refractivity contribution in [3.05, 3.63) is 0 Å². The highest BCUT2D eigenvalue weighted by molar-refractivity contribution is 7.89. The number of rotatable bonds is 5. The Kier molecular flexibility index (Phi) is 5.21. The molecule has 0 spiro atoms. The predicted octanol–water partition coefficient (Wildman–Crippen LogP) is 1.03. The molecule has 0 aliphatic carbocycles. The lowest BCUT2D eigenvalue weighted by Gasteiger charge is -2.32. The van der Waals surface area contributed by atoms with E-state index in [1.54, 1.807) is 4.31 Å². The van der Waals surface area contributed by atoms with E-state index in [9.17, 15) is 8.42 Å². The molecule has 16 heavy (non-hydrogen) atoms. The van der Waals surface area contributed by atoms with Crippen molar-refractivity contribution < 1.29 is 8.42 Å². The van der Waals surface area contributed by atoms with Crippen LogP contribution < -0.4 is 5.73 Å².